The molecule has 17 heavy (non-hydrogen) atoms. The van der Waals surface area contributed by atoms with Gasteiger partial charge in [-0.1, -0.05) is 6.92 Å². The first-order valence-electron chi connectivity index (χ1n) is 5.84. The Hall–Kier alpha value is -1.36. The lowest BCUT2D eigenvalue weighted by Crippen LogP contribution is -2.10. The van der Waals surface area contributed by atoms with Gasteiger partial charge in [-0.15, -0.1) is 11.3 Å². The fourth-order valence-electron chi connectivity index (χ4n) is 2.44. The number of rotatable bonds is 2. The van der Waals surface area contributed by atoms with E-state index < -0.39 is 5.97 Å². The van der Waals surface area contributed by atoms with E-state index in [0.29, 0.717) is 5.69 Å². The van der Waals surface area contributed by atoms with Crippen LogP contribution in [-0.4, -0.2) is 20.5 Å². The second-order valence-corrected chi connectivity index (χ2v) is 5.84. The van der Waals surface area contributed by atoms with Crippen LogP contribution in [0.2, 0.25) is 0 Å². The molecule has 0 radical (unpaired) electrons. The second kappa shape index (κ2) is 3.84. The van der Waals surface area contributed by atoms with E-state index in [1.165, 1.54) is 17.0 Å². The van der Waals surface area contributed by atoms with Crippen molar-refractivity contribution in [2.75, 3.05) is 0 Å². The minimum absolute atomic E-state index is 0.0135. The summed E-state index contributed by atoms with van der Waals surface area (Å²) >= 11 is 1.71. The minimum atomic E-state index is -0.821. The topological polar surface area (TPSA) is 54.6 Å². The molecule has 2 heterocycles. The molecule has 0 saturated carbocycles. The van der Waals surface area contributed by atoms with Gasteiger partial charge in [0, 0.05) is 16.8 Å². The Morgan fingerprint density at radius 2 is 2.53 bits per heavy atom. The highest BCUT2D eigenvalue weighted by Gasteiger charge is 2.21. The van der Waals surface area contributed by atoms with Crippen molar-refractivity contribution in [3.05, 3.63) is 22.5 Å². The van der Waals surface area contributed by atoms with Crippen LogP contribution in [0.1, 0.15) is 29.6 Å². The van der Waals surface area contributed by atoms with Crippen LogP contribution in [0.3, 0.4) is 0 Å². The zero-order valence-corrected chi connectivity index (χ0v) is 10.5. The number of hydrogen-bond donors (Lipinski definition) is 1. The van der Waals surface area contributed by atoms with Crippen LogP contribution >= 0.6 is 11.3 Å². The van der Waals surface area contributed by atoms with E-state index in [0.717, 1.165) is 23.7 Å². The Morgan fingerprint density at radius 3 is 3.29 bits per heavy atom. The molecular weight excluding hydrogens is 236 g/mol. The number of carboxylic acid groups (broad SMARTS) is 1. The van der Waals surface area contributed by atoms with Gasteiger partial charge >= 0.3 is 5.97 Å². The summed E-state index contributed by atoms with van der Waals surface area (Å²) in [5, 5.41) is 8.76. The number of aromatic nitrogens is 2. The number of carbonyl (C=O) groups is 1. The summed E-state index contributed by atoms with van der Waals surface area (Å²) in [6, 6.07) is 0. The summed E-state index contributed by atoms with van der Waals surface area (Å²) in [5.41, 5.74) is 2.00. The van der Waals surface area contributed by atoms with Crippen molar-refractivity contribution in [3.63, 3.8) is 0 Å². The maximum absolute atomic E-state index is 10.7. The summed E-state index contributed by atoms with van der Waals surface area (Å²) in [5.74, 6) is -0.0670. The monoisotopic (exact) mass is 250 g/mol. The number of hydrogen-bond acceptors (Lipinski definition) is 3. The highest BCUT2D eigenvalue weighted by Crippen LogP contribution is 2.32. The summed E-state index contributed by atoms with van der Waals surface area (Å²) in [6.45, 7) is 2.28. The Kier molecular flexibility index (Phi) is 2.43. The highest BCUT2D eigenvalue weighted by molar-refractivity contribution is 7.17. The van der Waals surface area contributed by atoms with Crippen molar-refractivity contribution in [1.29, 1.82) is 0 Å². The van der Waals surface area contributed by atoms with E-state index in [2.05, 4.69) is 16.3 Å². The smallest absolute Gasteiger partial charge is 0.309 e. The van der Waals surface area contributed by atoms with Crippen molar-refractivity contribution in [3.8, 4) is 0 Å². The van der Waals surface area contributed by atoms with Crippen LogP contribution in [-0.2, 0) is 24.1 Å². The van der Waals surface area contributed by atoms with E-state index in [1.807, 2.05) is 6.20 Å². The summed E-state index contributed by atoms with van der Waals surface area (Å²) < 4.78 is 2.09. The quantitative estimate of drug-likeness (QED) is 0.888. The van der Waals surface area contributed by atoms with E-state index in [4.69, 9.17) is 5.11 Å². The number of fused-ring (bicyclic) bond motifs is 3. The molecule has 0 amide bonds. The molecular formula is C12H14N2O2S. The molecule has 1 aliphatic rings. The molecule has 0 fully saturated rings. The SMILES string of the molecule is CC1CCc2c(sc3nc(CC(=O)O)cn23)C1. The average molecular weight is 250 g/mol. The lowest BCUT2D eigenvalue weighted by atomic mass is 9.93. The molecule has 1 aliphatic carbocycles. The molecule has 3 rings (SSSR count). The number of aryl methyl sites for hydroxylation is 1. The van der Waals surface area contributed by atoms with Crippen molar-refractivity contribution < 1.29 is 9.90 Å². The molecule has 0 aromatic carbocycles. The van der Waals surface area contributed by atoms with Crippen LogP contribution in [0, 0.1) is 5.92 Å². The van der Waals surface area contributed by atoms with Crippen LogP contribution in [0.15, 0.2) is 6.20 Å². The standard InChI is InChI=1S/C12H14N2O2S/c1-7-2-3-9-10(4-7)17-12-13-8(5-11(15)16)6-14(9)12/h6-7H,2-5H2,1H3,(H,15,16). The number of carboxylic acids is 1. The normalized spacial score (nSPS) is 19.5. The third kappa shape index (κ3) is 1.84. The molecule has 4 nitrogen and oxygen atoms in total. The van der Waals surface area contributed by atoms with Crippen LogP contribution in [0.25, 0.3) is 4.96 Å². The number of aliphatic carboxylic acids is 1. The summed E-state index contributed by atoms with van der Waals surface area (Å²) in [4.78, 5) is 17.4. The van der Waals surface area contributed by atoms with Gasteiger partial charge in [0.15, 0.2) is 4.96 Å². The van der Waals surface area contributed by atoms with Gasteiger partial charge in [0.2, 0.25) is 0 Å². The Bertz CT molecular complexity index is 585. The molecule has 1 N–H and O–H groups in total. The van der Waals surface area contributed by atoms with E-state index >= 15 is 0 Å². The Labute approximate surface area is 103 Å². The zero-order chi connectivity index (χ0) is 12.0. The third-order valence-corrected chi connectivity index (χ3v) is 4.41. The van der Waals surface area contributed by atoms with Gasteiger partial charge in [-0.25, -0.2) is 4.98 Å². The van der Waals surface area contributed by atoms with E-state index in [-0.39, 0.29) is 6.42 Å². The maximum Gasteiger partial charge on any atom is 0.309 e. The Balaban J connectivity index is 2.02. The fraction of sp³-hybridized carbons (Fsp3) is 0.500. The minimum Gasteiger partial charge on any atom is -0.481 e. The largest absolute Gasteiger partial charge is 0.481 e. The first-order chi connectivity index (χ1) is 8.13. The molecule has 2 aromatic heterocycles. The van der Waals surface area contributed by atoms with Crippen molar-refractivity contribution >= 4 is 22.3 Å². The van der Waals surface area contributed by atoms with Crippen LogP contribution in [0.5, 0.6) is 0 Å². The predicted octanol–water partition coefficient (Wildman–Crippen LogP) is 2.15. The van der Waals surface area contributed by atoms with Crippen molar-refractivity contribution in [2.45, 2.75) is 32.6 Å². The van der Waals surface area contributed by atoms with Gasteiger partial charge in [0.05, 0.1) is 12.1 Å². The third-order valence-electron chi connectivity index (χ3n) is 3.29. The van der Waals surface area contributed by atoms with Crippen molar-refractivity contribution in [1.82, 2.24) is 9.38 Å². The molecule has 1 unspecified atom stereocenters. The first kappa shape index (κ1) is 10.8. The average Bonchev–Trinajstić information content (AvgIpc) is 2.72. The van der Waals surface area contributed by atoms with Gasteiger partial charge in [0.1, 0.15) is 0 Å². The zero-order valence-electron chi connectivity index (χ0n) is 9.64. The van der Waals surface area contributed by atoms with Crippen molar-refractivity contribution in [2.24, 2.45) is 5.92 Å². The molecule has 5 heteroatoms. The first-order valence-corrected chi connectivity index (χ1v) is 6.65. The molecule has 0 saturated heterocycles. The number of nitrogens with zero attached hydrogens (tertiary/aromatic N) is 2. The second-order valence-electron chi connectivity index (χ2n) is 4.78. The molecule has 1 atom stereocenters. The van der Waals surface area contributed by atoms with Gasteiger partial charge in [-0.3, -0.25) is 9.20 Å². The predicted molar refractivity (Wildman–Crippen MR) is 65.6 cm³/mol. The van der Waals surface area contributed by atoms with Crippen LogP contribution in [0.4, 0.5) is 0 Å². The van der Waals surface area contributed by atoms with E-state index in [9.17, 15) is 4.79 Å². The lowest BCUT2D eigenvalue weighted by molar-refractivity contribution is -0.136. The van der Waals surface area contributed by atoms with Crippen LogP contribution < -0.4 is 0 Å². The molecule has 90 valence electrons. The molecule has 0 bridgehead atoms. The van der Waals surface area contributed by atoms with Gasteiger partial charge in [-0.2, -0.15) is 0 Å². The number of thiazole rings is 1. The molecule has 0 aliphatic heterocycles. The number of imidazole rings is 1. The fourth-order valence-corrected chi connectivity index (χ4v) is 3.77. The lowest BCUT2D eigenvalue weighted by Gasteiger charge is -2.17. The van der Waals surface area contributed by atoms with Gasteiger partial charge in [0.25, 0.3) is 0 Å². The molecule has 0 spiro atoms. The Morgan fingerprint density at radius 1 is 1.71 bits per heavy atom. The summed E-state index contributed by atoms with van der Waals surface area (Å²) in [6.07, 6.45) is 5.33. The van der Waals surface area contributed by atoms with Gasteiger partial charge < -0.3 is 5.11 Å². The maximum atomic E-state index is 10.7. The highest BCUT2D eigenvalue weighted by atomic mass is 32.1. The molecule has 2 aromatic rings. The van der Waals surface area contributed by atoms with Gasteiger partial charge in [-0.05, 0) is 25.2 Å². The summed E-state index contributed by atoms with van der Waals surface area (Å²) in [7, 11) is 0. The van der Waals surface area contributed by atoms with E-state index in [1.54, 1.807) is 11.3 Å².